The zero-order valence-electron chi connectivity index (χ0n) is 25.5. The second kappa shape index (κ2) is 27.6. The summed E-state index contributed by atoms with van der Waals surface area (Å²) in [5, 5.41) is 4.88. The minimum atomic E-state index is -0.816. The highest BCUT2D eigenvalue weighted by Gasteiger charge is 2.18. The van der Waals surface area contributed by atoms with Crippen LogP contribution in [-0.2, 0) is 18.9 Å². The fourth-order valence-electron chi connectivity index (χ4n) is 4.57. The van der Waals surface area contributed by atoms with Gasteiger partial charge in [-0.15, -0.1) is 11.8 Å². The summed E-state index contributed by atoms with van der Waals surface area (Å²) >= 11 is 1.79. The van der Waals surface area contributed by atoms with Crippen molar-refractivity contribution in [2.24, 2.45) is 0 Å². The van der Waals surface area contributed by atoms with Crippen LogP contribution in [0.3, 0.4) is 0 Å². The van der Waals surface area contributed by atoms with E-state index in [0.29, 0.717) is 13.2 Å². The smallest absolute Gasteiger partial charge is 0.446 e. The lowest BCUT2D eigenvalue weighted by Crippen LogP contribution is -2.33. The van der Waals surface area contributed by atoms with Crippen LogP contribution < -0.4 is 5.32 Å². The Kier molecular flexibility index (Phi) is 25.1. The van der Waals surface area contributed by atoms with Gasteiger partial charge in [0.2, 0.25) is 0 Å². The number of methoxy groups -OCH3 is 1. The Morgan fingerprint density at radius 1 is 0.825 bits per heavy atom. The largest absolute Gasteiger partial charge is 0.508 e. The third kappa shape index (κ3) is 23.1. The molecule has 1 aliphatic rings. The average Bonchev–Trinajstić information content (AvgIpc) is 3.48. The van der Waals surface area contributed by atoms with E-state index in [1.54, 1.807) is 11.8 Å². The Morgan fingerprint density at radius 2 is 1.43 bits per heavy atom. The molecule has 1 rings (SSSR count). The SMILES string of the molecule is CCCCCCCCCCCCCCCCCCNC(=O)OCC(COCCCCN1C=CSC1)OC(=O)OC. The molecule has 1 aliphatic heterocycles. The van der Waals surface area contributed by atoms with Crippen LogP contribution in [0.5, 0.6) is 0 Å². The molecule has 0 aliphatic carbocycles. The summed E-state index contributed by atoms with van der Waals surface area (Å²) < 4.78 is 20.6. The molecule has 9 heteroatoms. The van der Waals surface area contributed by atoms with Crippen LogP contribution in [0.4, 0.5) is 9.59 Å². The quantitative estimate of drug-likeness (QED) is 0.0758. The third-order valence-corrected chi connectivity index (χ3v) is 7.82. The summed E-state index contributed by atoms with van der Waals surface area (Å²) in [5.74, 6) is 1.01. The van der Waals surface area contributed by atoms with Gasteiger partial charge in [0.05, 0.1) is 19.6 Å². The predicted molar refractivity (Wildman–Crippen MR) is 165 cm³/mol. The number of alkyl carbamates (subject to hydrolysis) is 1. The summed E-state index contributed by atoms with van der Waals surface area (Å²) in [6, 6.07) is 0. The topological polar surface area (TPSA) is 86.3 Å². The maximum atomic E-state index is 12.0. The molecule has 0 aromatic rings. The molecule has 1 N–H and O–H groups in total. The maximum absolute atomic E-state index is 12.0. The van der Waals surface area contributed by atoms with Crippen molar-refractivity contribution in [1.29, 1.82) is 0 Å². The van der Waals surface area contributed by atoms with Gasteiger partial charge in [0.15, 0.2) is 6.10 Å². The van der Waals surface area contributed by atoms with Gasteiger partial charge < -0.3 is 29.2 Å². The van der Waals surface area contributed by atoms with E-state index in [-0.39, 0.29) is 13.2 Å². The van der Waals surface area contributed by atoms with Crippen LogP contribution >= 0.6 is 11.8 Å². The number of hydrogen-bond donors (Lipinski definition) is 1. The number of hydrogen-bond acceptors (Lipinski definition) is 8. The molecule has 1 amide bonds. The molecule has 40 heavy (non-hydrogen) atoms. The number of rotatable bonds is 27. The highest BCUT2D eigenvalue weighted by Crippen LogP contribution is 2.15. The molecule has 0 bridgehead atoms. The zero-order chi connectivity index (χ0) is 28.9. The van der Waals surface area contributed by atoms with Crippen molar-refractivity contribution in [2.75, 3.05) is 45.9 Å². The molecule has 0 spiro atoms. The number of thioether (sulfide) groups is 1. The molecule has 1 heterocycles. The lowest BCUT2D eigenvalue weighted by molar-refractivity contribution is -0.0342. The minimum Gasteiger partial charge on any atom is -0.446 e. The van der Waals surface area contributed by atoms with Gasteiger partial charge in [0.25, 0.3) is 0 Å². The van der Waals surface area contributed by atoms with Crippen LogP contribution in [-0.4, -0.2) is 69.1 Å². The first-order valence-electron chi connectivity index (χ1n) is 15.9. The van der Waals surface area contributed by atoms with Crippen molar-refractivity contribution in [1.82, 2.24) is 10.2 Å². The van der Waals surface area contributed by atoms with Gasteiger partial charge in [-0.3, -0.25) is 0 Å². The van der Waals surface area contributed by atoms with Gasteiger partial charge in [0, 0.05) is 25.9 Å². The van der Waals surface area contributed by atoms with E-state index in [1.807, 2.05) is 0 Å². The van der Waals surface area contributed by atoms with Crippen LogP contribution in [0.1, 0.15) is 122 Å². The van der Waals surface area contributed by atoms with Gasteiger partial charge in [-0.05, 0) is 24.7 Å². The van der Waals surface area contributed by atoms with Crippen molar-refractivity contribution >= 4 is 24.0 Å². The predicted octanol–water partition coefficient (Wildman–Crippen LogP) is 8.40. The molecule has 0 fully saturated rings. The van der Waals surface area contributed by atoms with E-state index in [9.17, 15) is 9.59 Å². The molecule has 0 aromatic heterocycles. The maximum Gasteiger partial charge on any atom is 0.508 e. The van der Waals surface area contributed by atoms with Crippen molar-refractivity contribution in [3.8, 4) is 0 Å². The standard InChI is InChI=1S/C31H58N2O6S/c1-3-4-5-6-7-8-9-10-11-12-13-14-15-16-17-18-21-32-30(34)38-27-29(39-31(35)36-2)26-37-24-20-19-22-33-23-25-40-28-33/h23,25,29H,3-22,24,26-28H2,1-2H3,(H,32,34). The molecular weight excluding hydrogens is 528 g/mol. The summed E-state index contributed by atoms with van der Waals surface area (Å²) in [4.78, 5) is 25.8. The monoisotopic (exact) mass is 586 g/mol. The van der Waals surface area contributed by atoms with E-state index >= 15 is 0 Å². The second-order valence-corrected chi connectivity index (χ2v) is 11.6. The first-order valence-corrected chi connectivity index (χ1v) is 17.0. The minimum absolute atomic E-state index is 0.0737. The van der Waals surface area contributed by atoms with E-state index < -0.39 is 18.4 Å². The molecular formula is C31H58N2O6S. The second-order valence-electron chi connectivity index (χ2n) is 10.7. The fourth-order valence-corrected chi connectivity index (χ4v) is 5.32. The number of unbranched alkanes of at least 4 members (excludes halogenated alkanes) is 16. The Hall–Kier alpha value is -1.61. The molecule has 8 nitrogen and oxygen atoms in total. The van der Waals surface area contributed by atoms with E-state index in [0.717, 1.165) is 38.1 Å². The number of carbonyl (C=O) groups excluding carboxylic acids is 2. The third-order valence-electron chi connectivity index (χ3n) is 7.03. The molecule has 234 valence electrons. The number of ether oxygens (including phenoxy) is 4. The Morgan fingerprint density at radius 3 is 1.98 bits per heavy atom. The van der Waals surface area contributed by atoms with E-state index in [1.165, 1.54) is 97.0 Å². The number of nitrogens with zero attached hydrogens (tertiary/aromatic N) is 1. The molecule has 1 atom stereocenters. The first-order chi connectivity index (χ1) is 19.7. The highest BCUT2D eigenvalue weighted by molar-refractivity contribution is 8.02. The highest BCUT2D eigenvalue weighted by atomic mass is 32.2. The lowest BCUT2D eigenvalue weighted by Gasteiger charge is -2.18. The Balaban J connectivity index is 1.94. The zero-order valence-corrected chi connectivity index (χ0v) is 26.3. The van der Waals surface area contributed by atoms with E-state index in [4.69, 9.17) is 14.2 Å². The van der Waals surface area contributed by atoms with E-state index in [2.05, 4.69) is 33.5 Å². The number of carbonyl (C=O) groups is 2. The van der Waals surface area contributed by atoms with Gasteiger partial charge in [-0.1, -0.05) is 103 Å². The first kappa shape index (κ1) is 36.4. The molecule has 1 unspecified atom stereocenters. The van der Waals surface area contributed by atoms with Gasteiger partial charge in [-0.25, -0.2) is 9.59 Å². The summed E-state index contributed by atoms with van der Waals surface area (Å²) in [5.41, 5.74) is 0. The number of amides is 1. The van der Waals surface area contributed by atoms with Crippen molar-refractivity contribution in [3.63, 3.8) is 0 Å². The van der Waals surface area contributed by atoms with Crippen molar-refractivity contribution in [2.45, 2.75) is 129 Å². The molecule has 0 radical (unpaired) electrons. The van der Waals surface area contributed by atoms with Crippen molar-refractivity contribution in [3.05, 3.63) is 11.6 Å². The van der Waals surface area contributed by atoms with Gasteiger partial charge in [-0.2, -0.15) is 0 Å². The van der Waals surface area contributed by atoms with Crippen LogP contribution in [0.25, 0.3) is 0 Å². The van der Waals surface area contributed by atoms with Crippen LogP contribution in [0, 0.1) is 0 Å². The number of nitrogens with one attached hydrogen (secondary N) is 1. The summed E-state index contributed by atoms with van der Waals surface area (Å²) in [7, 11) is 1.25. The van der Waals surface area contributed by atoms with Gasteiger partial charge >= 0.3 is 12.2 Å². The van der Waals surface area contributed by atoms with Crippen LogP contribution in [0.2, 0.25) is 0 Å². The van der Waals surface area contributed by atoms with Crippen molar-refractivity contribution < 1.29 is 28.5 Å². The lowest BCUT2D eigenvalue weighted by atomic mass is 10.0. The average molecular weight is 587 g/mol. The van der Waals surface area contributed by atoms with Crippen LogP contribution in [0.15, 0.2) is 11.6 Å². The Bertz CT molecular complexity index is 637. The summed E-state index contributed by atoms with van der Waals surface area (Å²) in [6.45, 7) is 4.49. The Labute approximate surface area is 248 Å². The fraction of sp³-hybridized carbons (Fsp3) is 0.871. The summed E-state index contributed by atoms with van der Waals surface area (Å²) in [6.07, 6.45) is 23.1. The van der Waals surface area contributed by atoms with Gasteiger partial charge in [0.1, 0.15) is 6.61 Å². The molecule has 0 saturated heterocycles. The molecule has 0 saturated carbocycles. The normalized spacial score (nSPS) is 13.4. The molecule has 0 aromatic carbocycles.